The summed E-state index contributed by atoms with van der Waals surface area (Å²) in [4.78, 5) is 11.4. The third-order valence-corrected chi connectivity index (χ3v) is 2.51. The molecule has 1 atom stereocenters. The summed E-state index contributed by atoms with van der Waals surface area (Å²) in [7, 11) is 0. The van der Waals surface area contributed by atoms with Gasteiger partial charge in [-0.3, -0.25) is 4.79 Å². The van der Waals surface area contributed by atoms with Gasteiger partial charge in [0.2, 0.25) is 0 Å². The highest BCUT2D eigenvalue weighted by Crippen LogP contribution is 2.30. The second-order valence-electron chi connectivity index (χ2n) is 3.32. The maximum absolute atomic E-state index is 11.4. The number of benzene rings is 1. The zero-order valence-corrected chi connectivity index (χ0v) is 6.99. The first kappa shape index (κ1) is 7.53. The lowest BCUT2D eigenvalue weighted by Crippen LogP contribution is -2.03. The molecule has 2 rings (SSSR count). The van der Waals surface area contributed by atoms with Crippen LogP contribution in [-0.2, 0) is 4.79 Å². The van der Waals surface area contributed by atoms with Gasteiger partial charge in [-0.05, 0) is 18.4 Å². The van der Waals surface area contributed by atoms with E-state index in [4.69, 9.17) is 0 Å². The van der Waals surface area contributed by atoms with Crippen molar-refractivity contribution in [2.45, 2.75) is 25.2 Å². The Morgan fingerprint density at radius 3 is 2.50 bits per heavy atom. The molecule has 0 saturated heterocycles. The molecule has 0 bridgehead atoms. The maximum Gasteiger partial charge on any atom is 0.140 e. The van der Waals surface area contributed by atoms with Gasteiger partial charge in [-0.1, -0.05) is 30.3 Å². The molecule has 12 heavy (non-hydrogen) atoms. The quantitative estimate of drug-likeness (QED) is 0.617. The fraction of sp³-hybridized carbons (Fsp3) is 0.364. The lowest BCUT2D eigenvalue weighted by Gasteiger charge is -2.06. The van der Waals surface area contributed by atoms with Crippen LogP contribution < -0.4 is 0 Å². The van der Waals surface area contributed by atoms with Crippen LogP contribution in [-0.4, -0.2) is 5.78 Å². The van der Waals surface area contributed by atoms with Gasteiger partial charge in [0.25, 0.3) is 0 Å². The van der Waals surface area contributed by atoms with Crippen molar-refractivity contribution in [2.75, 3.05) is 0 Å². The molecule has 1 aromatic rings. The van der Waals surface area contributed by atoms with Crippen LogP contribution in [0.1, 0.15) is 30.7 Å². The van der Waals surface area contributed by atoms with E-state index in [9.17, 15) is 4.79 Å². The minimum absolute atomic E-state index is 0.200. The molecule has 62 valence electrons. The molecule has 1 heteroatoms. The molecule has 1 nitrogen and oxygen atoms in total. The van der Waals surface area contributed by atoms with Gasteiger partial charge in [-0.25, -0.2) is 0 Å². The van der Waals surface area contributed by atoms with Crippen molar-refractivity contribution < 1.29 is 4.79 Å². The standard InChI is InChI=1S/C11H12O/c12-11-8-4-7-10(11)9-5-2-1-3-6-9/h1-3,5-6,10H,4,7-8H2/t10-/m1/s1. The van der Waals surface area contributed by atoms with Crippen molar-refractivity contribution in [2.24, 2.45) is 0 Å². The van der Waals surface area contributed by atoms with Crippen LogP contribution in [0.2, 0.25) is 0 Å². The van der Waals surface area contributed by atoms with E-state index in [2.05, 4.69) is 0 Å². The summed E-state index contributed by atoms with van der Waals surface area (Å²) in [5.74, 6) is 0.618. The normalized spacial score (nSPS) is 23.0. The van der Waals surface area contributed by atoms with Crippen molar-refractivity contribution in [1.82, 2.24) is 0 Å². The number of rotatable bonds is 1. The molecular formula is C11H12O. The highest BCUT2D eigenvalue weighted by molar-refractivity contribution is 5.87. The number of carbonyl (C=O) groups excluding carboxylic acids is 1. The fourth-order valence-corrected chi connectivity index (χ4v) is 1.85. The van der Waals surface area contributed by atoms with Crippen LogP contribution in [0.25, 0.3) is 0 Å². The Bertz CT molecular complexity index is 276. The Kier molecular flexibility index (Phi) is 1.94. The molecular weight excluding hydrogens is 148 g/mol. The lowest BCUT2D eigenvalue weighted by molar-refractivity contribution is -0.118. The van der Waals surface area contributed by atoms with Gasteiger partial charge in [-0.2, -0.15) is 0 Å². The monoisotopic (exact) mass is 160 g/mol. The molecule has 0 heterocycles. The summed E-state index contributed by atoms with van der Waals surface area (Å²) in [5.41, 5.74) is 1.19. The smallest absolute Gasteiger partial charge is 0.140 e. The van der Waals surface area contributed by atoms with E-state index >= 15 is 0 Å². The fourth-order valence-electron chi connectivity index (χ4n) is 1.85. The molecule has 1 aliphatic carbocycles. The number of carbonyl (C=O) groups is 1. The van der Waals surface area contributed by atoms with Crippen LogP contribution in [0.4, 0.5) is 0 Å². The van der Waals surface area contributed by atoms with Crippen molar-refractivity contribution in [3.63, 3.8) is 0 Å². The highest BCUT2D eigenvalue weighted by atomic mass is 16.1. The maximum atomic E-state index is 11.4. The Morgan fingerprint density at radius 1 is 1.17 bits per heavy atom. The van der Waals surface area contributed by atoms with Crippen LogP contribution in [0, 0.1) is 0 Å². The van der Waals surface area contributed by atoms with E-state index in [1.807, 2.05) is 30.3 Å². The summed E-state index contributed by atoms with van der Waals surface area (Å²) in [6, 6.07) is 10.1. The molecule has 0 aliphatic heterocycles. The first-order valence-corrected chi connectivity index (χ1v) is 4.45. The Hall–Kier alpha value is -1.11. The SMILES string of the molecule is O=C1CCC[C@@H]1c1ccccc1. The highest BCUT2D eigenvalue weighted by Gasteiger charge is 2.25. The molecule has 1 aromatic carbocycles. The average Bonchev–Trinajstić information content (AvgIpc) is 2.53. The molecule has 1 aliphatic rings. The summed E-state index contributed by atoms with van der Waals surface area (Å²) in [5, 5.41) is 0. The van der Waals surface area contributed by atoms with Gasteiger partial charge in [0, 0.05) is 12.3 Å². The second-order valence-corrected chi connectivity index (χ2v) is 3.32. The predicted octanol–water partition coefficient (Wildman–Crippen LogP) is 2.52. The topological polar surface area (TPSA) is 17.1 Å². The van der Waals surface area contributed by atoms with E-state index in [0.717, 1.165) is 19.3 Å². The summed E-state index contributed by atoms with van der Waals surface area (Å²) < 4.78 is 0. The first-order chi connectivity index (χ1) is 5.88. The van der Waals surface area contributed by atoms with Crippen molar-refractivity contribution in [1.29, 1.82) is 0 Å². The first-order valence-electron chi connectivity index (χ1n) is 4.45. The van der Waals surface area contributed by atoms with Gasteiger partial charge < -0.3 is 0 Å². The largest absolute Gasteiger partial charge is 0.299 e. The molecule has 0 radical (unpaired) electrons. The number of hydrogen-bond donors (Lipinski definition) is 0. The third-order valence-electron chi connectivity index (χ3n) is 2.51. The second kappa shape index (κ2) is 3.10. The average molecular weight is 160 g/mol. The third kappa shape index (κ3) is 1.27. The van der Waals surface area contributed by atoms with Crippen LogP contribution in [0.15, 0.2) is 30.3 Å². The van der Waals surface area contributed by atoms with Crippen LogP contribution >= 0.6 is 0 Å². The molecule has 1 saturated carbocycles. The Balaban J connectivity index is 2.25. The van der Waals surface area contributed by atoms with E-state index < -0.39 is 0 Å². The van der Waals surface area contributed by atoms with E-state index in [1.165, 1.54) is 5.56 Å². The van der Waals surface area contributed by atoms with Gasteiger partial charge in [0.05, 0.1) is 0 Å². The summed E-state index contributed by atoms with van der Waals surface area (Å²) in [6.07, 6.45) is 2.89. The molecule has 1 fully saturated rings. The number of Topliss-reactive ketones (excluding diaryl/α,β-unsaturated/α-hetero) is 1. The summed E-state index contributed by atoms with van der Waals surface area (Å²) >= 11 is 0. The molecule has 0 aromatic heterocycles. The number of ketones is 1. The van der Waals surface area contributed by atoms with Crippen molar-refractivity contribution in [3.8, 4) is 0 Å². The number of hydrogen-bond acceptors (Lipinski definition) is 1. The van der Waals surface area contributed by atoms with Crippen molar-refractivity contribution in [3.05, 3.63) is 35.9 Å². The molecule has 0 spiro atoms. The molecule has 0 N–H and O–H groups in total. The Labute approximate surface area is 72.4 Å². The van der Waals surface area contributed by atoms with Crippen LogP contribution in [0.5, 0.6) is 0 Å². The van der Waals surface area contributed by atoms with Gasteiger partial charge in [0.15, 0.2) is 0 Å². The van der Waals surface area contributed by atoms with E-state index in [1.54, 1.807) is 0 Å². The van der Waals surface area contributed by atoms with Gasteiger partial charge in [-0.15, -0.1) is 0 Å². The summed E-state index contributed by atoms with van der Waals surface area (Å²) in [6.45, 7) is 0. The minimum Gasteiger partial charge on any atom is -0.299 e. The Morgan fingerprint density at radius 2 is 1.92 bits per heavy atom. The van der Waals surface area contributed by atoms with E-state index in [-0.39, 0.29) is 5.92 Å². The van der Waals surface area contributed by atoms with Gasteiger partial charge in [0.1, 0.15) is 5.78 Å². The molecule has 0 unspecified atom stereocenters. The zero-order chi connectivity index (χ0) is 8.39. The van der Waals surface area contributed by atoms with E-state index in [0.29, 0.717) is 5.78 Å². The van der Waals surface area contributed by atoms with Crippen molar-refractivity contribution >= 4 is 5.78 Å². The lowest BCUT2D eigenvalue weighted by atomic mass is 9.97. The minimum atomic E-state index is 0.200. The van der Waals surface area contributed by atoms with Gasteiger partial charge >= 0.3 is 0 Å². The molecule has 0 amide bonds. The predicted molar refractivity (Wildman–Crippen MR) is 48.0 cm³/mol. The van der Waals surface area contributed by atoms with Crippen LogP contribution in [0.3, 0.4) is 0 Å². The zero-order valence-electron chi connectivity index (χ0n) is 6.99.